The van der Waals surface area contributed by atoms with Crippen LogP contribution in [-0.2, 0) is 11.8 Å². The highest BCUT2D eigenvalue weighted by atomic mass is 16.5. The number of carbonyl (C=O) groups excluding carboxylic acids is 1. The van der Waals surface area contributed by atoms with E-state index in [2.05, 4.69) is 10.1 Å². The lowest BCUT2D eigenvalue weighted by Gasteiger charge is -2.23. The van der Waals surface area contributed by atoms with Crippen LogP contribution in [0.2, 0.25) is 0 Å². The van der Waals surface area contributed by atoms with E-state index in [1.54, 1.807) is 7.05 Å². The standard InChI is InChI=1S/C9H14N4O2/c1-9(4-15-3-6(9)10)7(14)8-11-5-12-13(8)2/h5-6H,3-4,10H2,1-2H3. The molecule has 6 heteroatoms. The molecule has 2 unspecified atom stereocenters. The average Bonchev–Trinajstić information content (AvgIpc) is 2.75. The van der Waals surface area contributed by atoms with Crippen molar-refractivity contribution in [3.63, 3.8) is 0 Å². The third kappa shape index (κ3) is 1.46. The maximum absolute atomic E-state index is 12.2. The summed E-state index contributed by atoms with van der Waals surface area (Å²) in [5.74, 6) is 0.228. The minimum absolute atomic E-state index is 0.104. The Morgan fingerprint density at radius 2 is 2.53 bits per heavy atom. The van der Waals surface area contributed by atoms with E-state index in [0.717, 1.165) is 0 Å². The monoisotopic (exact) mass is 210 g/mol. The van der Waals surface area contributed by atoms with E-state index in [9.17, 15) is 4.79 Å². The maximum Gasteiger partial charge on any atom is 0.209 e. The number of rotatable bonds is 2. The van der Waals surface area contributed by atoms with Gasteiger partial charge in [0, 0.05) is 13.1 Å². The van der Waals surface area contributed by atoms with E-state index < -0.39 is 5.41 Å². The van der Waals surface area contributed by atoms with Gasteiger partial charge in [-0.1, -0.05) is 0 Å². The molecule has 0 spiro atoms. The number of Topliss-reactive ketones (excluding diaryl/α,β-unsaturated/α-hetero) is 1. The van der Waals surface area contributed by atoms with Gasteiger partial charge in [-0.3, -0.25) is 4.79 Å². The fourth-order valence-electron chi connectivity index (χ4n) is 1.68. The van der Waals surface area contributed by atoms with Gasteiger partial charge in [-0.15, -0.1) is 0 Å². The van der Waals surface area contributed by atoms with E-state index in [4.69, 9.17) is 10.5 Å². The molecule has 1 aromatic rings. The molecule has 0 radical (unpaired) electrons. The van der Waals surface area contributed by atoms with Gasteiger partial charge in [-0.2, -0.15) is 5.10 Å². The Morgan fingerprint density at radius 3 is 3.00 bits per heavy atom. The fraction of sp³-hybridized carbons (Fsp3) is 0.667. The van der Waals surface area contributed by atoms with E-state index in [1.807, 2.05) is 6.92 Å². The first kappa shape index (κ1) is 10.3. The van der Waals surface area contributed by atoms with Crippen LogP contribution in [0.1, 0.15) is 17.5 Å². The predicted molar refractivity (Wildman–Crippen MR) is 52.2 cm³/mol. The van der Waals surface area contributed by atoms with Crippen molar-refractivity contribution in [3.8, 4) is 0 Å². The van der Waals surface area contributed by atoms with Crippen LogP contribution in [0.15, 0.2) is 6.33 Å². The molecule has 15 heavy (non-hydrogen) atoms. The number of aromatic nitrogens is 3. The predicted octanol–water partition coefficient (Wildman–Crippen LogP) is -0.638. The Balaban J connectivity index is 2.32. The Bertz CT molecular complexity index is 389. The molecule has 1 aliphatic heterocycles. The molecule has 0 aliphatic carbocycles. The summed E-state index contributed by atoms with van der Waals surface area (Å²) in [7, 11) is 1.69. The largest absolute Gasteiger partial charge is 0.379 e. The lowest BCUT2D eigenvalue weighted by Crippen LogP contribution is -2.45. The van der Waals surface area contributed by atoms with Crippen LogP contribution in [0.25, 0.3) is 0 Å². The van der Waals surface area contributed by atoms with Crippen LogP contribution in [0.3, 0.4) is 0 Å². The molecule has 2 atom stereocenters. The van der Waals surface area contributed by atoms with Gasteiger partial charge in [0.2, 0.25) is 5.78 Å². The van der Waals surface area contributed by atoms with Crippen LogP contribution in [0, 0.1) is 5.41 Å². The van der Waals surface area contributed by atoms with Crippen molar-refractivity contribution in [1.29, 1.82) is 0 Å². The summed E-state index contributed by atoms with van der Waals surface area (Å²) >= 11 is 0. The lowest BCUT2D eigenvalue weighted by molar-refractivity contribution is 0.0751. The van der Waals surface area contributed by atoms with Gasteiger partial charge < -0.3 is 10.5 Å². The second kappa shape index (κ2) is 3.39. The van der Waals surface area contributed by atoms with Gasteiger partial charge in [-0.25, -0.2) is 9.67 Å². The number of ketones is 1. The number of nitrogens with two attached hydrogens (primary N) is 1. The van der Waals surface area contributed by atoms with Gasteiger partial charge >= 0.3 is 0 Å². The van der Waals surface area contributed by atoms with Crippen LogP contribution in [0.5, 0.6) is 0 Å². The molecular weight excluding hydrogens is 196 g/mol. The fourth-order valence-corrected chi connectivity index (χ4v) is 1.68. The number of nitrogens with zero attached hydrogens (tertiary/aromatic N) is 3. The molecule has 6 nitrogen and oxygen atoms in total. The Labute approximate surface area is 87.4 Å². The minimum atomic E-state index is -0.680. The number of carbonyl (C=O) groups is 1. The molecule has 82 valence electrons. The van der Waals surface area contributed by atoms with Crippen molar-refractivity contribution >= 4 is 5.78 Å². The zero-order valence-electron chi connectivity index (χ0n) is 8.80. The summed E-state index contributed by atoms with van der Waals surface area (Å²) in [6, 6.07) is -0.276. The highest BCUT2D eigenvalue weighted by molar-refractivity contribution is 5.98. The molecule has 1 aromatic heterocycles. The summed E-state index contributed by atoms with van der Waals surface area (Å²) in [6.07, 6.45) is 1.36. The Kier molecular flexibility index (Phi) is 2.32. The highest BCUT2D eigenvalue weighted by Gasteiger charge is 2.46. The van der Waals surface area contributed by atoms with E-state index in [-0.39, 0.29) is 11.8 Å². The number of hydrogen-bond donors (Lipinski definition) is 1. The van der Waals surface area contributed by atoms with E-state index in [0.29, 0.717) is 19.0 Å². The van der Waals surface area contributed by atoms with Crippen molar-refractivity contribution in [2.24, 2.45) is 18.2 Å². The molecule has 1 fully saturated rings. The van der Waals surface area contributed by atoms with Crippen LogP contribution < -0.4 is 5.73 Å². The molecular formula is C9H14N4O2. The molecule has 1 aliphatic rings. The first-order valence-corrected chi connectivity index (χ1v) is 4.78. The zero-order chi connectivity index (χ0) is 11.1. The molecule has 2 rings (SSSR count). The normalized spacial score (nSPS) is 30.7. The molecule has 0 amide bonds. The second-order valence-corrected chi connectivity index (χ2v) is 4.08. The van der Waals surface area contributed by atoms with Crippen LogP contribution >= 0.6 is 0 Å². The summed E-state index contributed by atoms with van der Waals surface area (Å²) in [4.78, 5) is 16.1. The SMILES string of the molecule is Cn1ncnc1C(=O)C1(C)COCC1N. The van der Waals surface area contributed by atoms with E-state index in [1.165, 1.54) is 11.0 Å². The number of ether oxygens (including phenoxy) is 1. The molecule has 2 N–H and O–H groups in total. The third-order valence-corrected chi connectivity index (χ3v) is 2.95. The summed E-state index contributed by atoms with van der Waals surface area (Å²) in [6.45, 7) is 2.57. The van der Waals surface area contributed by atoms with Gasteiger partial charge in [0.15, 0.2) is 5.82 Å². The summed E-state index contributed by atoms with van der Waals surface area (Å²) in [5.41, 5.74) is 5.19. The van der Waals surface area contributed by atoms with E-state index >= 15 is 0 Å². The first-order chi connectivity index (χ1) is 7.05. The first-order valence-electron chi connectivity index (χ1n) is 4.78. The zero-order valence-corrected chi connectivity index (χ0v) is 8.80. The molecule has 2 heterocycles. The third-order valence-electron chi connectivity index (χ3n) is 2.95. The Hall–Kier alpha value is -1.27. The van der Waals surface area contributed by atoms with Crippen LogP contribution in [0.4, 0.5) is 0 Å². The van der Waals surface area contributed by atoms with Gasteiger partial charge in [0.1, 0.15) is 6.33 Å². The molecule has 1 saturated heterocycles. The number of hydrogen-bond acceptors (Lipinski definition) is 5. The van der Waals surface area contributed by atoms with Crippen molar-refractivity contribution in [3.05, 3.63) is 12.2 Å². The van der Waals surface area contributed by atoms with Crippen molar-refractivity contribution in [2.45, 2.75) is 13.0 Å². The topological polar surface area (TPSA) is 83.0 Å². The maximum atomic E-state index is 12.2. The second-order valence-electron chi connectivity index (χ2n) is 4.08. The van der Waals surface area contributed by atoms with Crippen molar-refractivity contribution in [2.75, 3.05) is 13.2 Å². The van der Waals surface area contributed by atoms with Gasteiger partial charge in [-0.05, 0) is 6.92 Å². The minimum Gasteiger partial charge on any atom is -0.379 e. The quantitative estimate of drug-likeness (QED) is 0.656. The molecule has 0 saturated carbocycles. The number of aryl methyl sites for hydroxylation is 1. The summed E-state index contributed by atoms with van der Waals surface area (Å²) < 4.78 is 6.69. The van der Waals surface area contributed by atoms with Crippen molar-refractivity contribution in [1.82, 2.24) is 14.8 Å². The smallest absolute Gasteiger partial charge is 0.209 e. The van der Waals surface area contributed by atoms with Gasteiger partial charge in [0.25, 0.3) is 0 Å². The lowest BCUT2D eigenvalue weighted by atomic mass is 9.81. The highest BCUT2D eigenvalue weighted by Crippen LogP contribution is 2.30. The molecule has 0 bridgehead atoms. The Morgan fingerprint density at radius 1 is 1.80 bits per heavy atom. The summed E-state index contributed by atoms with van der Waals surface area (Å²) in [5, 5.41) is 3.87. The molecule has 0 aromatic carbocycles. The van der Waals surface area contributed by atoms with Crippen LogP contribution in [-0.4, -0.2) is 39.8 Å². The van der Waals surface area contributed by atoms with Gasteiger partial charge in [0.05, 0.1) is 18.6 Å². The van der Waals surface area contributed by atoms with Crippen molar-refractivity contribution < 1.29 is 9.53 Å². The average molecular weight is 210 g/mol.